The second kappa shape index (κ2) is 9.36. The van der Waals surface area contributed by atoms with Crippen LogP contribution in [-0.4, -0.2) is 30.3 Å². The number of para-hydroxylation sites is 1. The Hall–Kier alpha value is -3.61. The van der Waals surface area contributed by atoms with Crippen LogP contribution in [0.15, 0.2) is 60.7 Å². The van der Waals surface area contributed by atoms with Crippen LogP contribution in [0.3, 0.4) is 0 Å². The zero-order chi connectivity index (χ0) is 19.8. The van der Waals surface area contributed by atoms with E-state index in [4.69, 9.17) is 9.47 Å². The molecule has 2 N–H and O–H groups in total. The second-order valence-corrected chi connectivity index (χ2v) is 6.04. The van der Waals surface area contributed by atoms with E-state index in [1.165, 1.54) is 0 Å². The van der Waals surface area contributed by atoms with Gasteiger partial charge >= 0.3 is 0 Å². The highest BCUT2D eigenvalue weighted by Crippen LogP contribution is 2.18. The summed E-state index contributed by atoms with van der Waals surface area (Å²) in [6.45, 7) is 0.557. The highest BCUT2D eigenvalue weighted by Gasteiger charge is 2.07. The van der Waals surface area contributed by atoms with E-state index in [9.17, 15) is 4.79 Å². The molecule has 0 spiro atoms. The molecule has 0 bridgehead atoms. The van der Waals surface area contributed by atoms with Gasteiger partial charge in [-0.2, -0.15) is 0 Å². The van der Waals surface area contributed by atoms with Crippen molar-refractivity contribution >= 4 is 17.5 Å². The lowest BCUT2D eigenvalue weighted by molar-refractivity contribution is -0.115. The monoisotopic (exact) mass is 378 g/mol. The van der Waals surface area contributed by atoms with Gasteiger partial charge in [-0.25, -0.2) is 0 Å². The minimum absolute atomic E-state index is 0.158. The molecule has 1 heterocycles. The topological polar surface area (TPSA) is 85.4 Å². The quantitative estimate of drug-likeness (QED) is 0.626. The lowest BCUT2D eigenvalue weighted by atomic mass is 10.1. The zero-order valence-electron chi connectivity index (χ0n) is 15.8. The van der Waals surface area contributed by atoms with Crippen LogP contribution in [0.4, 0.5) is 11.6 Å². The Morgan fingerprint density at radius 3 is 2.29 bits per heavy atom. The van der Waals surface area contributed by atoms with E-state index in [2.05, 4.69) is 20.8 Å². The average molecular weight is 378 g/mol. The van der Waals surface area contributed by atoms with Crippen molar-refractivity contribution in [2.75, 3.05) is 24.9 Å². The predicted octanol–water partition coefficient (Wildman–Crippen LogP) is 3.29. The smallest absolute Gasteiger partial charge is 0.229 e. The summed E-state index contributed by atoms with van der Waals surface area (Å²) in [7, 11) is 3.25. The van der Waals surface area contributed by atoms with Crippen molar-refractivity contribution in [3.8, 4) is 11.5 Å². The number of amides is 1. The molecule has 7 nitrogen and oxygen atoms in total. The first-order valence-corrected chi connectivity index (χ1v) is 8.80. The number of hydrogen-bond acceptors (Lipinski definition) is 6. The molecule has 144 valence electrons. The van der Waals surface area contributed by atoms with Gasteiger partial charge < -0.3 is 20.1 Å². The Labute approximate surface area is 163 Å². The van der Waals surface area contributed by atoms with E-state index in [0.717, 1.165) is 22.6 Å². The lowest BCUT2D eigenvalue weighted by Crippen LogP contribution is -2.16. The van der Waals surface area contributed by atoms with Crippen LogP contribution in [0.5, 0.6) is 11.5 Å². The maximum Gasteiger partial charge on any atom is 0.229 e. The maximum absolute atomic E-state index is 12.2. The van der Waals surface area contributed by atoms with E-state index in [1.807, 2.05) is 48.5 Å². The highest BCUT2D eigenvalue weighted by molar-refractivity contribution is 5.91. The zero-order valence-corrected chi connectivity index (χ0v) is 15.8. The molecule has 0 aliphatic rings. The molecule has 0 unspecified atom stereocenters. The number of benzene rings is 2. The van der Waals surface area contributed by atoms with Gasteiger partial charge in [-0.3, -0.25) is 4.79 Å². The molecule has 1 aromatic heterocycles. The van der Waals surface area contributed by atoms with Gasteiger partial charge in [-0.15, -0.1) is 10.2 Å². The number of nitrogens with zero attached hydrogens (tertiary/aromatic N) is 2. The summed E-state index contributed by atoms with van der Waals surface area (Å²) in [5, 5.41) is 14.1. The van der Waals surface area contributed by atoms with Gasteiger partial charge in [0.1, 0.15) is 17.3 Å². The molecule has 3 rings (SSSR count). The van der Waals surface area contributed by atoms with E-state index in [-0.39, 0.29) is 12.3 Å². The van der Waals surface area contributed by atoms with Crippen molar-refractivity contribution in [2.45, 2.75) is 13.0 Å². The summed E-state index contributed by atoms with van der Waals surface area (Å²) in [5.41, 5.74) is 1.91. The Bertz CT molecular complexity index is 912. The van der Waals surface area contributed by atoms with Crippen LogP contribution in [0.2, 0.25) is 0 Å². The van der Waals surface area contributed by atoms with Crippen molar-refractivity contribution in [1.82, 2.24) is 10.2 Å². The molecule has 0 aliphatic heterocycles. The lowest BCUT2D eigenvalue weighted by Gasteiger charge is -2.10. The number of nitrogens with one attached hydrogen (secondary N) is 2. The fourth-order valence-electron chi connectivity index (χ4n) is 2.64. The summed E-state index contributed by atoms with van der Waals surface area (Å²) in [4.78, 5) is 12.2. The fourth-order valence-corrected chi connectivity index (χ4v) is 2.64. The van der Waals surface area contributed by atoms with Crippen LogP contribution in [0.25, 0.3) is 0 Å². The molecule has 0 saturated heterocycles. The van der Waals surface area contributed by atoms with Crippen LogP contribution >= 0.6 is 0 Å². The summed E-state index contributed by atoms with van der Waals surface area (Å²) in [5.74, 6) is 2.42. The van der Waals surface area contributed by atoms with Crippen molar-refractivity contribution < 1.29 is 14.3 Å². The summed E-state index contributed by atoms with van der Waals surface area (Å²) >= 11 is 0. The maximum atomic E-state index is 12.2. The molecule has 0 radical (unpaired) electrons. The van der Waals surface area contributed by atoms with Crippen LogP contribution < -0.4 is 20.1 Å². The van der Waals surface area contributed by atoms with Crippen molar-refractivity contribution in [3.63, 3.8) is 0 Å². The molecule has 1 amide bonds. The SMILES string of the molecule is COc1ccc(CC(=O)Nc2ccc(NCc3ccccc3OC)nn2)cc1. The Morgan fingerprint density at radius 2 is 1.61 bits per heavy atom. The third-order valence-corrected chi connectivity index (χ3v) is 4.11. The molecule has 28 heavy (non-hydrogen) atoms. The first-order chi connectivity index (χ1) is 13.7. The third-order valence-electron chi connectivity index (χ3n) is 4.11. The van der Waals surface area contributed by atoms with E-state index in [1.54, 1.807) is 26.4 Å². The molecular formula is C21H22N4O3. The Morgan fingerprint density at radius 1 is 0.893 bits per heavy atom. The minimum Gasteiger partial charge on any atom is -0.497 e. The van der Waals surface area contributed by atoms with Crippen LogP contribution in [0.1, 0.15) is 11.1 Å². The molecule has 3 aromatic rings. The van der Waals surface area contributed by atoms with Gasteiger partial charge in [0.2, 0.25) is 5.91 Å². The number of carbonyl (C=O) groups is 1. The van der Waals surface area contributed by atoms with Crippen molar-refractivity contribution in [1.29, 1.82) is 0 Å². The molecular weight excluding hydrogens is 356 g/mol. The fraction of sp³-hybridized carbons (Fsp3) is 0.190. The number of carbonyl (C=O) groups excluding carboxylic acids is 1. The van der Waals surface area contributed by atoms with Gasteiger partial charge in [0.05, 0.1) is 20.6 Å². The second-order valence-electron chi connectivity index (χ2n) is 6.04. The molecule has 0 saturated carbocycles. The normalized spacial score (nSPS) is 10.2. The summed E-state index contributed by atoms with van der Waals surface area (Å²) in [6, 6.07) is 18.6. The first kappa shape index (κ1) is 19.2. The standard InChI is InChI=1S/C21H22N4O3/c1-27-17-9-7-15(8-10-17)13-21(26)23-20-12-11-19(24-25-20)22-14-16-5-3-4-6-18(16)28-2/h3-12H,13-14H2,1-2H3,(H,22,24)(H,23,25,26). The van der Waals surface area contributed by atoms with Crippen molar-refractivity contribution in [3.05, 3.63) is 71.8 Å². The van der Waals surface area contributed by atoms with E-state index in [0.29, 0.717) is 18.2 Å². The number of anilines is 2. The Kier molecular flexibility index (Phi) is 6.41. The van der Waals surface area contributed by atoms with Crippen LogP contribution in [0, 0.1) is 0 Å². The third kappa shape index (κ3) is 5.20. The predicted molar refractivity (Wildman–Crippen MR) is 108 cm³/mol. The molecule has 7 heteroatoms. The van der Waals surface area contributed by atoms with E-state index >= 15 is 0 Å². The first-order valence-electron chi connectivity index (χ1n) is 8.80. The van der Waals surface area contributed by atoms with Crippen LogP contribution in [-0.2, 0) is 17.8 Å². The molecule has 2 aromatic carbocycles. The molecule has 0 fully saturated rings. The highest BCUT2D eigenvalue weighted by atomic mass is 16.5. The largest absolute Gasteiger partial charge is 0.497 e. The Balaban J connectivity index is 1.52. The summed E-state index contributed by atoms with van der Waals surface area (Å²) in [6.07, 6.45) is 0.249. The molecule has 0 aliphatic carbocycles. The van der Waals surface area contributed by atoms with Crippen molar-refractivity contribution in [2.24, 2.45) is 0 Å². The number of hydrogen-bond donors (Lipinski definition) is 2. The van der Waals surface area contributed by atoms with Gasteiger partial charge in [-0.1, -0.05) is 30.3 Å². The van der Waals surface area contributed by atoms with Gasteiger partial charge in [-0.05, 0) is 35.9 Å². The van der Waals surface area contributed by atoms with Gasteiger partial charge in [0.15, 0.2) is 5.82 Å². The number of aromatic nitrogens is 2. The number of ether oxygens (including phenoxy) is 2. The molecule has 0 atom stereocenters. The average Bonchev–Trinajstić information content (AvgIpc) is 2.74. The summed E-state index contributed by atoms with van der Waals surface area (Å²) < 4.78 is 10.4. The number of rotatable bonds is 8. The van der Waals surface area contributed by atoms with Gasteiger partial charge in [0.25, 0.3) is 0 Å². The van der Waals surface area contributed by atoms with Gasteiger partial charge in [0, 0.05) is 12.1 Å². The number of methoxy groups -OCH3 is 2. The minimum atomic E-state index is -0.158. The van der Waals surface area contributed by atoms with E-state index < -0.39 is 0 Å².